The van der Waals surface area contributed by atoms with Crippen LogP contribution in [0.4, 0.5) is 11.4 Å². The minimum Gasteiger partial charge on any atom is -0.370 e. The van der Waals surface area contributed by atoms with E-state index < -0.39 is 6.04 Å². The van der Waals surface area contributed by atoms with Crippen LogP contribution in [0.5, 0.6) is 0 Å². The number of carbonyl (C=O) groups is 2. The van der Waals surface area contributed by atoms with Crippen LogP contribution in [0.3, 0.4) is 0 Å². The second-order valence-corrected chi connectivity index (χ2v) is 7.56. The lowest BCUT2D eigenvalue weighted by Crippen LogP contribution is -2.50. The Morgan fingerprint density at radius 2 is 1.68 bits per heavy atom. The summed E-state index contributed by atoms with van der Waals surface area (Å²) in [4.78, 5) is 29.0. The lowest BCUT2D eigenvalue weighted by molar-refractivity contribution is -0.125. The van der Waals surface area contributed by atoms with Gasteiger partial charge in [-0.3, -0.25) is 14.5 Å². The molecule has 0 radical (unpaired) electrons. The van der Waals surface area contributed by atoms with Crippen molar-refractivity contribution in [2.45, 2.75) is 31.8 Å². The molecule has 0 bridgehead atoms. The van der Waals surface area contributed by atoms with E-state index in [0.29, 0.717) is 13.0 Å². The van der Waals surface area contributed by atoms with E-state index in [4.69, 9.17) is 5.73 Å². The molecule has 0 aliphatic carbocycles. The predicted molar refractivity (Wildman–Crippen MR) is 110 cm³/mol. The summed E-state index contributed by atoms with van der Waals surface area (Å²) >= 11 is 0. The molecule has 146 valence electrons. The topological polar surface area (TPSA) is 78.7 Å². The number of nitrogens with zero attached hydrogens (tertiary/aromatic N) is 2. The molecule has 2 aliphatic heterocycles. The van der Waals surface area contributed by atoms with Gasteiger partial charge in [-0.05, 0) is 42.5 Å². The molecule has 1 unspecified atom stereocenters. The molecule has 2 aliphatic rings. The van der Waals surface area contributed by atoms with Crippen LogP contribution in [-0.2, 0) is 22.6 Å². The molecule has 1 fully saturated rings. The molecule has 3 N–H and O–H groups in total. The lowest BCUT2D eigenvalue weighted by atomic mass is 9.93. The number of hydrogen-bond acceptors (Lipinski definition) is 4. The molecule has 6 heteroatoms. The second kappa shape index (κ2) is 8.02. The molecule has 2 aromatic rings. The van der Waals surface area contributed by atoms with Crippen LogP contribution in [0.15, 0.2) is 48.5 Å². The quantitative estimate of drug-likeness (QED) is 0.836. The van der Waals surface area contributed by atoms with Gasteiger partial charge in [0.2, 0.25) is 11.8 Å². The van der Waals surface area contributed by atoms with Crippen LogP contribution in [0, 0.1) is 0 Å². The third kappa shape index (κ3) is 3.87. The van der Waals surface area contributed by atoms with Crippen molar-refractivity contribution in [3.05, 3.63) is 59.7 Å². The first-order chi connectivity index (χ1) is 13.6. The number of hydrogen-bond donors (Lipinski definition) is 2. The zero-order valence-corrected chi connectivity index (χ0v) is 15.9. The maximum absolute atomic E-state index is 12.8. The highest BCUT2D eigenvalue weighted by Crippen LogP contribution is 2.29. The fourth-order valence-corrected chi connectivity index (χ4v) is 4.21. The summed E-state index contributed by atoms with van der Waals surface area (Å²) in [6.45, 7) is 2.71. The molecule has 2 aromatic carbocycles. The minimum absolute atomic E-state index is 0.128. The van der Waals surface area contributed by atoms with Crippen LogP contribution in [0.2, 0.25) is 0 Å². The number of benzene rings is 2. The number of primary amides is 1. The van der Waals surface area contributed by atoms with E-state index in [1.807, 2.05) is 53.4 Å². The molecule has 1 atom stereocenters. The van der Waals surface area contributed by atoms with Crippen molar-refractivity contribution in [3.8, 4) is 0 Å². The van der Waals surface area contributed by atoms with Crippen molar-refractivity contribution in [1.29, 1.82) is 0 Å². The Morgan fingerprint density at radius 3 is 2.43 bits per heavy atom. The van der Waals surface area contributed by atoms with Gasteiger partial charge in [0.1, 0.15) is 0 Å². The second-order valence-electron chi connectivity index (χ2n) is 7.56. The summed E-state index contributed by atoms with van der Waals surface area (Å²) in [5, 5.41) is 3.04. The minimum atomic E-state index is -0.463. The fraction of sp³-hybridized carbons (Fsp3) is 0.364. The molecular weight excluding hydrogens is 352 g/mol. The first-order valence-corrected chi connectivity index (χ1v) is 9.86. The van der Waals surface area contributed by atoms with Crippen LogP contribution in [0.1, 0.15) is 24.0 Å². The summed E-state index contributed by atoms with van der Waals surface area (Å²) in [6.07, 6.45) is 2.90. The maximum Gasteiger partial charge on any atom is 0.238 e. The molecule has 1 saturated heterocycles. The average Bonchev–Trinajstić information content (AvgIpc) is 3.22. The Labute approximate surface area is 165 Å². The van der Waals surface area contributed by atoms with Crippen molar-refractivity contribution in [1.82, 2.24) is 4.90 Å². The summed E-state index contributed by atoms with van der Waals surface area (Å²) in [7, 11) is 0. The first-order valence-electron chi connectivity index (χ1n) is 9.86. The number of rotatable bonds is 5. The van der Waals surface area contributed by atoms with Crippen LogP contribution in [-0.4, -0.2) is 42.4 Å². The number of nitrogens with one attached hydrogen (secondary N) is 1. The van der Waals surface area contributed by atoms with Crippen LogP contribution in [0.25, 0.3) is 0 Å². The highest BCUT2D eigenvalue weighted by molar-refractivity contribution is 5.96. The van der Waals surface area contributed by atoms with E-state index in [9.17, 15) is 9.59 Å². The molecule has 6 nitrogen and oxygen atoms in total. The van der Waals surface area contributed by atoms with Crippen LogP contribution >= 0.6 is 0 Å². The van der Waals surface area contributed by atoms with Crippen molar-refractivity contribution >= 4 is 23.2 Å². The molecule has 2 amide bonds. The fourth-order valence-electron chi connectivity index (χ4n) is 4.21. The van der Waals surface area contributed by atoms with E-state index in [1.165, 1.54) is 12.8 Å². The number of anilines is 2. The number of nitrogens with two attached hydrogens (primary N) is 1. The highest BCUT2D eigenvalue weighted by atomic mass is 16.2. The molecule has 0 aromatic heterocycles. The number of para-hydroxylation sites is 2. The third-order valence-corrected chi connectivity index (χ3v) is 5.65. The smallest absolute Gasteiger partial charge is 0.238 e. The molecule has 28 heavy (non-hydrogen) atoms. The monoisotopic (exact) mass is 378 g/mol. The van der Waals surface area contributed by atoms with Gasteiger partial charge in [-0.2, -0.15) is 0 Å². The van der Waals surface area contributed by atoms with Gasteiger partial charge < -0.3 is 16.0 Å². The van der Waals surface area contributed by atoms with Crippen molar-refractivity contribution < 1.29 is 9.59 Å². The van der Waals surface area contributed by atoms with Gasteiger partial charge in [0, 0.05) is 19.6 Å². The number of carbonyl (C=O) groups excluding carboxylic acids is 2. The van der Waals surface area contributed by atoms with Crippen molar-refractivity contribution in [2.75, 3.05) is 29.9 Å². The van der Waals surface area contributed by atoms with E-state index >= 15 is 0 Å². The van der Waals surface area contributed by atoms with Gasteiger partial charge >= 0.3 is 0 Å². The third-order valence-electron chi connectivity index (χ3n) is 5.65. The van der Waals surface area contributed by atoms with E-state index in [-0.39, 0.29) is 18.4 Å². The first kappa shape index (κ1) is 18.5. The zero-order chi connectivity index (χ0) is 19.5. The SMILES string of the molecule is NC(=O)C1Cc2ccccc2CN1CC(=O)Nc1ccccc1N1CCCC1. The maximum atomic E-state index is 12.8. The van der Waals surface area contributed by atoms with Crippen LogP contribution < -0.4 is 16.0 Å². The summed E-state index contributed by atoms with van der Waals surface area (Å²) in [6, 6.07) is 15.5. The van der Waals surface area contributed by atoms with E-state index in [0.717, 1.165) is 35.6 Å². The van der Waals surface area contributed by atoms with Gasteiger partial charge in [-0.15, -0.1) is 0 Å². The summed E-state index contributed by atoms with van der Waals surface area (Å²) < 4.78 is 0. The van der Waals surface area contributed by atoms with Gasteiger partial charge in [-0.25, -0.2) is 0 Å². The van der Waals surface area contributed by atoms with E-state index in [1.54, 1.807) is 0 Å². The average molecular weight is 378 g/mol. The van der Waals surface area contributed by atoms with Gasteiger partial charge in [0.25, 0.3) is 0 Å². The molecule has 2 heterocycles. The molecule has 0 spiro atoms. The van der Waals surface area contributed by atoms with Crippen molar-refractivity contribution in [2.24, 2.45) is 5.73 Å². The Morgan fingerprint density at radius 1 is 1.00 bits per heavy atom. The van der Waals surface area contributed by atoms with Gasteiger partial charge in [0.05, 0.1) is 24.0 Å². The standard InChI is InChI=1S/C22H26N4O2/c23-22(28)20-13-16-7-1-2-8-17(16)14-26(20)15-21(27)24-18-9-3-4-10-19(18)25-11-5-6-12-25/h1-4,7-10,20H,5-6,11-15H2,(H2,23,28)(H,24,27). The molecular formula is C22H26N4O2. The van der Waals surface area contributed by atoms with E-state index in [2.05, 4.69) is 10.2 Å². The van der Waals surface area contributed by atoms with Gasteiger partial charge in [-0.1, -0.05) is 36.4 Å². The normalized spacial score (nSPS) is 19.3. The Kier molecular flexibility index (Phi) is 5.30. The zero-order valence-electron chi connectivity index (χ0n) is 15.9. The molecule has 4 rings (SSSR count). The summed E-state index contributed by atoms with van der Waals surface area (Å²) in [5.74, 6) is -0.517. The lowest BCUT2D eigenvalue weighted by Gasteiger charge is -2.34. The number of amides is 2. The Hall–Kier alpha value is -2.86. The number of fused-ring (bicyclic) bond motifs is 1. The Bertz CT molecular complexity index is 876. The van der Waals surface area contributed by atoms with Gasteiger partial charge in [0.15, 0.2) is 0 Å². The Balaban J connectivity index is 1.48. The largest absolute Gasteiger partial charge is 0.370 e. The highest BCUT2D eigenvalue weighted by Gasteiger charge is 2.31. The molecule has 0 saturated carbocycles. The predicted octanol–water partition coefficient (Wildman–Crippen LogP) is 2.14. The van der Waals surface area contributed by atoms with Crippen molar-refractivity contribution in [3.63, 3.8) is 0 Å². The summed E-state index contributed by atoms with van der Waals surface area (Å²) in [5.41, 5.74) is 9.78.